The van der Waals surface area contributed by atoms with Gasteiger partial charge in [-0.1, -0.05) is 11.6 Å². The van der Waals surface area contributed by atoms with Gasteiger partial charge in [0, 0.05) is 12.6 Å². The molecule has 0 fully saturated rings. The van der Waals surface area contributed by atoms with Gasteiger partial charge in [-0.15, -0.1) is 0 Å². The van der Waals surface area contributed by atoms with Crippen LogP contribution in [0.1, 0.15) is 34.1 Å². The number of rotatable bonds is 3. The molecule has 2 aromatic rings. The fourth-order valence-electron chi connectivity index (χ4n) is 2.55. The van der Waals surface area contributed by atoms with E-state index in [1.54, 1.807) is 18.5 Å². The molecule has 0 aromatic carbocycles. The van der Waals surface area contributed by atoms with Crippen LogP contribution in [0.25, 0.3) is 0 Å². The minimum atomic E-state index is -5.06. The Morgan fingerprint density at radius 3 is 2.69 bits per heavy atom. The SMILES string of the molecule is Cc1nn(Cc2ccc(C(=O)N3N=CCC3(O)C(F)(F)F)o2)c(C)c1Cl. The van der Waals surface area contributed by atoms with Crippen molar-refractivity contribution in [2.24, 2.45) is 5.10 Å². The normalized spacial score (nSPS) is 20.2. The van der Waals surface area contributed by atoms with Crippen LogP contribution in [0.4, 0.5) is 13.2 Å². The molecule has 140 valence electrons. The molecule has 1 unspecified atom stereocenters. The molecule has 1 atom stereocenters. The van der Waals surface area contributed by atoms with Gasteiger partial charge in [0.25, 0.3) is 5.72 Å². The Morgan fingerprint density at radius 2 is 2.12 bits per heavy atom. The maximum Gasteiger partial charge on any atom is 0.438 e. The summed E-state index contributed by atoms with van der Waals surface area (Å²) >= 11 is 6.06. The summed E-state index contributed by atoms with van der Waals surface area (Å²) in [7, 11) is 0. The van der Waals surface area contributed by atoms with E-state index in [0.29, 0.717) is 16.4 Å². The third kappa shape index (κ3) is 2.88. The fraction of sp³-hybridized carbons (Fsp3) is 0.400. The van der Waals surface area contributed by atoms with Crippen molar-refractivity contribution >= 4 is 23.7 Å². The molecule has 3 heterocycles. The van der Waals surface area contributed by atoms with Crippen molar-refractivity contribution in [1.82, 2.24) is 14.8 Å². The second-order valence-corrected chi connectivity index (χ2v) is 6.22. The molecular formula is C15H14ClF3N4O3. The van der Waals surface area contributed by atoms with E-state index >= 15 is 0 Å². The van der Waals surface area contributed by atoms with E-state index in [1.807, 2.05) is 0 Å². The first-order valence-electron chi connectivity index (χ1n) is 7.49. The lowest BCUT2D eigenvalue weighted by Gasteiger charge is -2.31. The van der Waals surface area contributed by atoms with Crippen LogP contribution in [0.5, 0.6) is 0 Å². The molecule has 3 rings (SSSR count). The Bertz CT molecular complexity index is 889. The van der Waals surface area contributed by atoms with Gasteiger partial charge >= 0.3 is 12.1 Å². The van der Waals surface area contributed by atoms with Crippen molar-refractivity contribution in [3.63, 3.8) is 0 Å². The number of hydrazone groups is 1. The number of amides is 1. The second kappa shape index (κ2) is 6.13. The number of alkyl halides is 3. The van der Waals surface area contributed by atoms with Crippen LogP contribution in [-0.2, 0) is 6.54 Å². The number of hydrogen-bond donors (Lipinski definition) is 1. The largest absolute Gasteiger partial charge is 0.454 e. The zero-order valence-corrected chi connectivity index (χ0v) is 14.5. The lowest BCUT2D eigenvalue weighted by Crippen LogP contribution is -2.56. The van der Waals surface area contributed by atoms with E-state index in [2.05, 4.69) is 10.2 Å². The third-order valence-electron chi connectivity index (χ3n) is 4.04. The van der Waals surface area contributed by atoms with Crippen molar-refractivity contribution in [1.29, 1.82) is 0 Å². The number of nitrogens with zero attached hydrogens (tertiary/aromatic N) is 4. The summed E-state index contributed by atoms with van der Waals surface area (Å²) in [5, 5.41) is 17.8. The Morgan fingerprint density at radius 1 is 1.42 bits per heavy atom. The van der Waals surface area contributed by atoms with Crippen LogP contribution in [0.2, 0.25) is 5.02 Å². The molecule has 1 aliphatic rings. The topological polar surface area (TPSA) is 83.9 Å². The Hall–Kier alpha value is -2.33. The molecule has 11 heteroatoms. The predicted molar refractivity (Wildman–Crippen MR) is 84.8 cm³/mol. The molecule has 1 aliphatic heterocycles. The Balaban J connectivity index is 1.82. The van der Waals surface area contributed by atoms with E-state index < -0.39 is 24.2 Å². The molecule has 2 aromatic heterocycles. The fourth-order valence-corrected chi connectivity index (χ4v) is 2.68. The maximum absolute atomic E-state index is 13.1. The maximum atomic E-state index is 13.1. The number of aryl methyl sites for hydroxylation is 1. The zero-order chi connectivity index (χ0) is 19.3. The number of carbonyl (C=O) groups excluding carboxylic acids is 1. The van der Waals surface area contributed by atoms with Crippen molar-refractivity contribution in [2.75, 3.05) is 0 Å². The zero-order valence-electron chi connectivity index (χ0n) is 13.7. The number of hydrogen-bond acceptors (Lipinski definition) is 5. The van der Waals surface area contributed by atoms with Gasteiger partial charge in [-0.3, -0.25) is 9.48 Å². The van der Waals surface area contributed by atoms with E-state index in [1.165, 1.54) is 12.1 Å². The van der Waals surface area contributed by atoms with Gasteiger partial charge in [0.15, 0.2) is 5.76 Å². The van der Waals surface area contributed by atoms with Crippen molar-refractivity contribution in [3.05, 3.63) is 40.1 Å². The average Bonchev–Trinajstić information content (AvgIpc) is 3.23. The number of carbonyl (C=O) groups is 1. The van der Waals surface area contributed by atoms with Gasteiger partial charge in [-0.25, -0.2) is 0 Å². The van der Waals surface area contributed by atoms with Gasteiger partial charge in [0.2, 0.25) is 0 Å². The molecule has 0 saturated heterocycles. The van der Waals surface area contributed by atoms with Gasteiger partial charge in [0.1, 0.15) is 5.76 Å². The number of aromatic nitrogens is 2. The van der Waals surface area contributed by atoms with E-state index in [-0.39, 0.29) is 23.1 Å². The minimum absolute atomic E-state index is 0.0181. The highest BCUT2D eigenvalue weighted by Gasteiger charge is 2.61. The van der Waals surface area contributed by atoms with Crippen LogP contribution in [0.3, 0.4) is 0 Å². The molecule has 0 saturated carbocycles. The lowest BCUT2D eigenvalue weighted by atomic mass is 10.1. The van der Waals surface area contributed by atoms with Gasteiger partial charge in [0.05, 0.1) is 23.0 Å². The monoisotopic (exact) mass is 390 g/mol. The van der Waals surface area contributed by atoms with Crippen LogP contribution < -0.4 is 0 Å². The summed E-state index contributed by atoms with van der Waals surface area (Å²) < 4.78 is 46.1. The highest BCUT2D eigenvalue weighted by molar-refractivity contribution is 6.31. The summed E-state index contributed by atoms with van der Waals surface area (Å²) in [6, 6.07) is 2.65. The molecule has 0 spiro atoms. The van der Waals surface area contributed by atoms with Crippen LogP contribution in [0.15, 0.2) is 21.7 Å². The smallest absolute Gasteiger partial charge is 0.438 e. The van der Waals surface area contributed by atoms with Crippen molar-refractivity contribution in [2.45, 2.75) is 38.7 Å². The molecule has 7 nitrogen and oxygen atoms in total. The van der Waals surface area contributed by atoms with Gasteiger partial charge in [-0.05, 0) is 26.0 Å². The predicted octanol–water partition coefficient (Wildman–Crippen LogP) is 2.88. The molecule has 0 radical (unpaired) electrons. The van der Waals surface area contributed by atoms with Crippen LogP contribution >= 0.6 is 11.6 Å². The summed E-state index contributed by atoms with van der Waals surface area (Å²) in [5.74, 6) is -1.29. The lowest BCUT2D eigenvalue weighted by molar-refractivity contribution is -0.297. The Labute approximate surface area is 150 Å². The first-order chi connectivity index (χ1) is 12.0. The number of halogens is 4. The highest BCUT2D eigenvalue weighted by Crippen LogP contribution is 2.39. The van der Waals surface area contributed by atoms with Gasteiger partial charge in [-0.2, -0.15) is 28.4 Å². The standard InChI is InChI=1S/C15H14ClF3N4O3/c1-8-12(16)9(2)22(21-8)7-10-3-4-11(26-10)13(24)23-14(25,5-6-20-23)15(17,18)19/h3-4,6,25H,5,7H2,1-2H3. The van der Waals surface area contributed by atoms with E-state index in [4.69, 9.17) is 16.0 Å². The molecule has 0 bridgehead atoms. The third-order valence-corrected chi connectivity index (χ3v) is 4.59. The van der Waals surface area contributed by atoms with E-state index in [9.17, 15) is 23.1 Å². The summed E-state index contributed by atoms with van der Waals surface area (Å²) in [6.07, 6.45) is -5.08. The average molecular weight is 391 g/mol. The summed E-state index contributed by atoms with van der Waals surface area (Å²) in [6.45, 7) is 3.62. The van der Waals surface area contributed by atoms with Crippen molar-refractivity contribution < 1.29 is 27.5 Å². The molecular weight excluding hydrogens is 377 g/mol. The quantitative estimate of drug-likeness (QED) is 0.873. The number of furan rings is 1. The molecule has 1 amide bonds. The summed E-state index contributed by atoms with van der Waals surface area (Å²) in [5.41, 5.74) is -2.09. The van der Waals surface area contributed by atoms with Gasteiger partial charge < -0.3 is 9.52 Å². The molecule has 1 N–H and O–H groups in total. The van der Waals surface area contributed by atoms with E-state index in [0.717, 1.165) is 6.21 Å². The van der Waals surface area contributed by atoms with Crippen LogP contribution in [-0.4, -0.2) is 43.9 Å². The molecule has 0 aliphatic carbocycles. The first kappa shape index (κ1) is 18.5. The molecule has 26 heavy (non-hydrogen) atoms. The second-order valence-electron chi connectivity index (χ2n) is 5.84. The van der Waals surface area contributed by atoms with Crippen LogP contribution in [0, 0.1) is 13.8 Å². The Kier molecular flexibility index (Phi) is 4.35. The summed E-state index contributed by atoms with van der Waals surface area (Å²) in [4.78, 5) is 12.3. The van der Waals surface area contributed by atoms with Crippen molar-refractivity contribution in [3.8, 4) is 0 Å². The number of aliphatic hydroxyl groups is 1. The first-order valence-corrected chi connectivity index (χ1v) is 7.86. The minimum Gasteiger partial charge on any atom is -0.454 e. The highest BCUT2D eigenvalue weighted by atomic mass is 35.5.